The molecular formula is C20H20FN5O2S. The predicted octanol–water partition coefficient (Wildman–Crippen LogP) is 3.74. The van der Waals surface area contributed by atoms with Crippen LogP contribution in [0.1, 0.15) is 31.4 Å². The van der Waals surface area contributed by atoms with Crippen molar-refractivity contribution in [3.05, 3.63) is 59.9 Å². The maximum atomic E-state index is 12.9. The predicted molar refractivity (Wildman–Crippen MR) is 106 cm³/mol. The van der Waals surface area contributed by atoms with Gasteiger partial charge >= 0.3 is 0 Å². The van der Waals surface area contributed by atoms with E-state index in [1.54, 1.807) is 16.8 Å². The zero-order chi connectivity index (χ0) is 20.2. The average molecular weight is 413 g/mol. The van der Waals surface area contributed by atoms with E-state index in [0.717, 1.165) is 18.4 Å². The van der Waals surface area contributed by atoms with Crippen molar-refractivity contribution in [3.63, 3.8) is 0 Å². The molecule has 1 heterocycles. The Kier molecular flexibility index (Phi) is 5.75. The molecule has 0 bridgehead atoms. The minimum atomic E-state index is -0.306. The molecule has 0 radical (unpaired) electrons. The monoisotopic (exact) mass is 413 g/mol. The molecule has 1 aliphatic rings. The summed E-state index contributed by atoms with van der Waals surface area (Å²) in [4.78, 5) is 12.4. The lowest BCUT2D eigenvalue weighted by Crippen LogP contribution is -2.30. The van der Waals surface area contributed by atoms with E-state index in [4.69, 9.17) is 4.74 Å². The second kappa shape index (κ2) is 8.60. The van der Waals surface area contributed by atoms with Gasteiger partial charge in [0.1, 0.15) is 17.3 Å². The highest BCUT2D eigenvalue weighted by atomic mass is 32.2. The number of hydrogen-bond donors (Lipinski definition) is 1. The molecule has 0 aliphatic heterocycles. The van der Waals surface area contributed by atoms with Crippen molar-refractivity contribution in [3.8, 4) is 11.5 Å². The summed E-state index contributed by atoms with van der Waals surface area (Å²) in [5.41, 5.74) is 0.949. The summed E-state index contributed by atoms with van der Waals surface area (Å²) < 4.78 is 20.4. The zero-order valence-corrected chi connectivity index (χ0v) is 16.6. The van der Waals surface area contributed by atoms with Crippen LogP contribution in [0.4, 0.5) is 4.39 Å². The molecule has 9 heteroatoms. The molecule has 7 nitrogen and oxygen atoms in total. The highest BCUT2D eigenvalue weighted by Crippen LogP contribution is 2.37. The number of tetrazole rings is 1. The summed E-state index contributed by atoms with van der Waals surface area (Å²) in [7, 11) is 0. The number of rotatable bonds is 8. The molecule has 29 heavy (non-hydrogen) atoms. The van der Waals surface area contributed by atoms with Gasteiger partial charge in [-0.1, -0.05) is 23.9 Å². The number of nitrogens with zero attached hydrogens (tertiary/aromatic N) is 4. The lowest BCUT2D eigenvalue weighted by atomic mass is 10.2. The SMILES string of the molecule is CC(Sc1nnnn1C1CC1)C(=O)NCc1ccc(Oc2ccc(F)cc2)cc1. The maximum absolute atomic E-state index is 12.9. The largest absolute Gasteiger partial charge is 0.457 e. The second-order valence-corrected chi connectivity index (χ2v) is 8.12. The van der Waals surface area contributed by atoms with Gasteiger partial charge in [-0.2, -0.15) is 0 Å². The Balaban J connectivity index is 1.27. The fourth-order valence-corrected chi connectivity index (χ4v) is 3.55. The van der Waals surface area contributed by atoms with Crippen molar-refractivity contribution in [2.45, 2.75) is 42.8 Å². The van der Waals surface area contributed by atoms with Crippen molar-refractivity contribution < 1.29 is 13.9 Å². The summed E-state index contributed by atoms with van der Waals surface area (Å²) in [6, 6.07) is 13.6. The second-order valence-electron chi connectivity index (χ2n) is 6.82. The van der Waals surface area contributed by atoms with Crippen LogP contribution in [0.25, 0.3) is 0 Å². The molecule has 1 saturated carbocycles. The van der Waals surface area contributed by atoms with Crippen LogP contribution in [-0.4, -0.2) is 31.4 Å². The van der Waals surface area contributed by atoms with Gasteiger partial charge in [0.25, 0.3) is 0 Å². The topological polar surface area (TPSA) is 81.9 Å². The first-order valence-corrected chi connectivity index (χ1v) is 10.2. The first-order chi connectivity index (χ1) is 14.1. The molecule has 1 atom stereocenters. The van der Waals surface area contributed by atoms with Crippen LogP contribution in [0.3, 0.4) is 0 Å². The maximum Gasteiger partial charge on any atom is 0.233 e. The van der Waals surface area contributed by atoms with E-state index in [-0.39, 0.29) is 17.0 Å². The zero-order valence-electron chi connectivity index (χ0n) is 15.8. The molecule has 1 aliphatic carbocycles. The number of carbonyl (C=O) groups excluding carboxylic acids is 1. The van der Waals surface area contributed by atoms with Gasteiger partial charge in [-0.15, -0.1) is 5.10 Å². The van der Waals surface area contributed by atoms with Gasteiger partial charge in [-0.3, -0.25) is 4.79 Å². The number of amides is 1. The van der Waals surface area contributed by atoms with Gasteiger partial charge in [0.05, 0.1) is 11.3 Å². The van der Waals surface area contributed by atoms with Crippen molar-refractivity contribution in [2.24, 2.45) is 0 Å². The van der Waals surface area contributed by atoms with Gasteiger partial charge < -0.3 is 10.1 Å². The van der Waals surface area contributed by atoms with E-state index in [1.165, 1.54) is 23.9 Å². The minimum absolute atomic E-state index is 0.0769. The Morgan fingerprint density at radius 2 is 1.86 bits per heavy atom. The van der Waals surface area contributed by atoms with Crippen LogP contribution >= 0.6 is 11.8 Å². The molecule has 1 N–H and O–H groups in total. The third-order valence-electron chi connectivity index (χ3n) is 4.45. The number of halogens is 1. The van der Waals surface area contributed by atoms with Gasteiger partial charge in [0, 0.05) is 6.54 Å². The summed E-state index contributed by atoms with van der Waals surface area (Å²) in [5.74, 6) is 0.821. The van der Waals surface area contributed by atoms with Crippen molar-refractivity contribution >= 4 is 17.7 Å². The van der Waals surface area contributed by atoms with Gasteiger partial charge in [-0.25, -0.2) is 9.07 Å². The van der Waals surface area contributed by atoms with Gasteiger partial charge in [0.15, 0.2) is 0 Å². The average Bonchev–Trinajstić information content (AvgIpc) is 3.48. The van der Waals surface area contributed by atoms with Crippen molar-refractivity contribution in [1.29, 1.82) is 0 Å². The van der Waals surface area contributed by atoms with Crippen LogP contribution in [0.15, 0.2) is 53.7 Å². The molecule has 0 saturated heterocycles. The molecule has 4 rings (SSSR count). The smallest absolute Gasteiger partial charge is 0.233 e. The number of benzene rings is 2. The molecule has 0 spiro atoms. The molecule has 150 valence electrons. The van der Waals surface area contributed by atoms with Crippen LogP contribution in [0.5, 0.6) is 11.5 Å². The van der Waals surface area contributed by atoms with E-state index < -0.39 is 0 Å². The summed E-state index contributed by atoms with van der Waals surface area (Å²) in [6.07, 6.45) is 2.17. The normalized spacial score (nSPS) is 14.4. The van der Waals surface area contributed by atoms with Crippen LogP contribution in [0.2, 0.25) is 0 Å². The van der Waals surface area contributed by atoms with E-state index in [2.05, 4.69) is 20.8 Å². The molecule has 3 aromatic rings. The van der Waals surface area contributed by atoms with E-state index >= 15 is 0 Å². The standard InChI is InChI=1S/C20H20FN5O2S/c1-13(29-20-23-24-25-26(20)16-6-7-16)19(27)22-12-14-2-8-17(9-3-14)28-18-10-4-15(21)5-11-18/h2-5,8-11,13,16H,6-7,12H2,1H3,(H,22,27). The number of thioether (sulfide) groups is 1. The fraction of sp³-hybridized carbons (Fsp3) is 0.300. The number of nitrogens with one attached hydrogen (secondary N) is 1. The number of hydrogen-bond acceptors (Lipinski definition) is 6. The molecular weight excluding hydrogens is 393 g/mol. The van der Waals surface area contributed by atoms with Crippen LogP contribution in [-0.2, 0) is 11.3 Å². The van der Waals surface area contributed by atoms with Gasteiger partial charge in [0.2, 0.25) is 11.1 Å². The Morgan fingerprint density at radius 3 is 2.52 bits per heavy atom. The number of aromatic nitrogens is 4. The first-order valence-electron chi connectivity index (χ1n) is 9.33. The lowest BCUT2D eigenvalue weighted by Gasteiger charge is -2.12. The van der Waals surface area contributed by atoms with Gasteiger partial charge in [-0.05, 0) is 72.2 Å². The van der Waals surface area contributed by atoms with Crippen molar-refractivity contribution in [2.75, 3.05) is 0 Å². The van der Waals surface area contributed by atoms with E-state index in [1.807, 2.05) is 31.2 Å². The highest BCUT2D eigenvalue weighted by molar-refractivity contribution is 8.00. The molecule has 1 fully saturated rings. The third kappa shape index (κ3) is 5.11. The van der Waals surface area contributed by atoms with E-state index in [9.17, 15) is 9.18 Å². The minimum Gasteiger partial charge on any atom is -0.457 e. The molecule has 2 aromatic carbocycles. The summed E-state index contributed by atoms with van der Waals surface area (Å²) in [6.45, 7) is 2.25. The number of carbonyl (C=O) groups is 1. The third-order valence-corrected chi connectivity index (χ3v) is 5.49. The quantitative estimate of drug-likeness (QED) is 0.567. The Labute approximate surface area is 171 Å². The summed E-state index contributed by atoms with van der Waals surface area (Å²) >= 11 is 1.36. The first kappa shape index (κ1) is 19.4. The Hall–Kier alpha value is -2.94. The van der Waals surface area contributed by atoms with E-state index in [0.29, 0.717) is 29.2 Å². The Morgan fingerprint density at radius 1 is 1.21 bits per heavy atom. The fourth-order valence-electron chi connectivity index (χ4n) is 2.67. The number of ether oxygens (including phenoxy) is 1. The summed E-state index contributed by atoms with van der Waals surface area (Å²) in [5, 5.41) is 15.0. The Bertz CT molecular complexity index is 973. The van der Waals surface area contributed by atoms with Crippen molar-refractivity contribution in [1.82, 2.24) is 25.5 Å². The van der Waals surface area contributed by atoms with Crippen LogP contribution < -0.4 is 10.1 Å². The molecule has 1 amide bonds. The molecule has 1 unspecified atom stereocenters. The molecule has 1 aromatic heterocycles. The highest BCUT2D eigenvalue weighted by Gasteiger charge is 2.29. The lowest BCUT2D eigenvalue weighted by molar-refractivity contribution is -0.120. The van der Waals surface area contributed by atoms with Crippen LogP contribution in [0, 0.1) is 5.82 Å².